The van der Waals surface area contributed by atoms with Crippen LogP contribution in [0.5, 0.6) is 0 Å². The van der Waals surface area contributed by atoms with Crippen molar-refractivity contribution < 1.29 is 18.7 Å². The standard InChI is InChI=1S/C24H19ClFN3O4/c1-11-9-14(13(3)27-16-7-8-18(25)29-20(16)24(31)32)23-15(10-11)21(30)12(2)22(33-23)17-5-4-6-19(26)28-17/h4-10,13,27H,1-3H3,(H,31,32). The fourth-order valence-electron chi connectivity index (χ4n) is 3.69. The summed E-state index contributed by atoms with van der Waals surface area (Å²) >= 11 is 5.85. The molecule has 9 heteroatoms. The zero-order valence-electron chi connectivity index (χ0n) is 17.9. The summed E-state index contributed by atoms with van der Waals surface area (Å²) in [6.45, 7) is 5.25. The summed E-state index contributed by atoms with van der Waals surface area (Å²) in [7, 11) is 0. The van der Waals surface area contributed by atoms with Crippen LogP contribution >= 0.6 is 11.6 Å². The van der Waals surface area contributed by atoms with Gasteiger partial charge in [0, 0.05) is 11.1 Å². The van der Waals surface area contributed by atoms with E-state index < -0.39 is 18.0 Å². The molecule has 2 N–H and O–H groups in total. The van der Waals surface area contributed by atoms with E-state index in [1.807, 2.05) is 13.0 Å². The summed E-state index contributed by atoms with van der Waals surface area (Å²) in [4.78, 5) is 32.5. The number of aromatic carboxylic acids is 1. The molecule has 3 aromatic heterocycles. The van der Waals surface area contributed by atoms with Gasteiger partial charge in [-0.25, -0.2) is 14.8 Å². The van der Waals surface area contributed by atoms with Crippen molar-refractivity contribution in [3.63, 3.8) is 0 Å². The second-order valence-electron chi connectivity index (χ2n) is 7.66. The van der Waals surface area contributed by atoms with Crippen LogP contribution in [0.25, 0.3) is 22.4 Å². The molecule has 0 spiro atoms. The minimum absolute atomic E-state index is 0.0558. The van der Waals surface area contributed by atoms with Crippen LogP contribution in [0.3, 0.4) is 0 Å². The number of fused-ring (bicyclic) bond motifs is 1. The van der Waals surface area contributed by atoms with E-state index in [1.165, 1.54) is 24.3 Å². The molecule has 3 heterocycles. The van der Waals surface area contributed by atoms with Crippen LogP contribution < -0.4 is 10.7 Å². The van der Waals surface area contributed by atoms with Crippen molar-refractivity contribution in [1.82, 2.24) is 9.97 Å². The second kappa shape index (κ2) is 8.63. The molecule has 4 rings (SSSR count). The van der Waals surface area contributed by atoms with Gasteiger partial charge < -0.3 is 14.8 Å². The molecule has 1 aromatic carbocycles. The van der Waals surface area contributed by atoms with E-state index >= 15 is 0 Å². The third-order valence-electron chi connectivity index (χ3n) is 5.24. The highest BCUT2D eigenvalue weighted by Gasteiger charge is 2.21. The Hall–Kier alpha value is -3.78. The first-order valence-electron chi connectivity index (χ1n) is 10.0. The number of carboxylic acids is 1. The van der Waals surface area contributed by atoms with Crippen LogP contribution in [0.2, 0.25) is 5.15 Å². The van der Waals surface area contributed by atoms with Gasteiger partial charge in [-0.1, -0.05) is 23.7 Å². The minimum atomic E-state index is -1.23. The maximum atomic E-state index is 13.7. The van der Waals surface area contributed by atoms with E-state index in [4.69, 9.17) is 16.0 Å². The Morgan fingerprint density at radius 2 is 1.94 bits per heavy atom. The molecule has 0 amide bonds. The van der Waals surface area contributed by atoms with Crippen LogP contribution in [0.4, 0.5) is 10.1 Å². The average molecular weight is 468 g/mol. The largest absolute Gasteiger partial charge is 0.476 e. The van der Waals surface area contributed by atoms with Gasteiger partial charge in [-0.2, -0.15) is 4.39 Å². The van der Waals surface area contributed by atoms with Gasteiger partial charge in [-0.05, 0) is 56.7 Å². The monoisotopic (exact) mass is 467 g/mol. The molecule has 0 aliphatic rings. The molecule has 0 radical (unpaired) electrons. The van der Waals surface area contributed by atoms with E-state index in [-0.39, 0.29) is 33.4 Å². The Bertz CT molecular complexity index is 1470. The van der Waals surface area contributed by atoms with Crippen molar-refractivity contribution >= 4 is 34.2 Å². The molecule has 0 fully saturated rings. The zero-order chi connectivity index (χ0) is 23.9. The fraction of sp³-hybridized carbons (Fsp3) is 0.167. The van der Waals surface area contributed by atoms with Crippen LogP contribution in [-0.2, 0) is 0 Å². The minimum Gasteiger partial charge on any atom is -0.476 e. The van der Waals surface area contributed by atoms with Crippen molar-refractivity contribution in [3.05, 3.63) is 86.2 Å². The number of benzene rings is 1. The smallest absolute Gasteiger partial charge is 0.356 e. The van der Waals surface area contributed by atoms with E-state index in [9.17, 15) is 19.1 Å². The fourth-order valence-corrected chi connectivity index (χ4v) is 3.84. The van der Waals surface area contributed by atoms with E-state index in [0.29, 0.717) is 22.1 Å². The zero-order valence-corrected chi connectivity index (χ0v) is 18.7. The van der Waals surface area contributed by atoms with Crippen molar-refractivity contribution in [2.24, 2.45) is 0 Å². The Labute approximate surface area is 192 Å². The number of halogens is 2. The lowest BCUT2D eigenvalue weighted by molar-refractivity contribution is 0.0691. The van der Waals surface area contributed by atoms with Crippen molar-refractivity contribution in [3.8, 4) is 11.5 Å². The summed E-state index contributed by atoms with van der Waals surface area (Å²) in [5, 5.41) is 13.0. The number of nitrogens with zero attached hydrogens (tertiary/aromatic N) is 2. The highest BCUT2D eigenvalue weighted by atomic mass is 35.5. The van der Waals surface area contributed by atoms with Gasteiger partial charge in [0.2, 0.25) is 5.95 Å². The molecule has 33 heavy (non-hydrogen) atoms. The van der Waals surface area contributed by atoms with Crippen LogP contribution in [-0.4, -0.2) is 21.0 Å². The first kappa shape index (κ1) is 22.4. The summed E-state index contributed by atoms with van der Waals surface area (Å²) in [6.07, 6.45) is 0. The Morgan fingerprint density at radius 3 is 2.64 bits per heavy atom. The molecular weight excluding hydrogens is 449 g/mol. The number of anilines is 1. The van der Waals surface area contributed by atoms with E-state index in [2.05, 4.69) is 15.3 Å². The Balaban J connectivity index is 1.89. The summed E-state index contributed by atoms with van der Waals surface area (Å²) in [5.74, 6) is -1.75. The van der Waals surface area contributed by atoms with Crippen molar-refractivity contribution in [1.29, 1.82) is 0 Å². The van der Waals surface area contributed by atoms with Gasteiger partial charge in [-0.3, -0.25) is 4.79 Å². The van der Waals surface area contributed by atoms with Gasteiger partial charge in [0.1, 0.15) is 16.4 Å². The van der Waals surface area contributed by atoms with Gasteiger partial charge >= 0.3 is 5.97 Å². The highest BCUT2D eigenvalue weighted by molar-refractivity contribution is 6.29. The lowest BCUT2D eigenvalue weighted by atomic mass is 9.99. The van der Waals surface area contributed by atoms with E-state index in [1.54, 1.807) is 26.0 Å². The number of aryl methyl sites for hydroxylation is 1. The predicted octanol–water partition coefficient (Wildman–Crippen LogP) is 5.53. The number of aromatic nitrogens is 2. The molecule has 0 aliphatic heterocycles. The lowest BCUT2D eigenvalue weighted by Crippen LogP contribution is -2.14. The second-order valence-corrected chi connectivity index (χ2v) is 8.05. The topological polar surface area (TPSA) is 105 Å². The highest BCUT2D eigenvalue weighted by Crippen LogP contribution is 2.32. The Kier molecular flexibility index (Phi) is 5.86. The summed E-state index contributed by atoms with van der Waals surface area (Å²) in [6, 6.07) is 10.3. The first-order valence-corrected chi connectivity index (χ1v) is 10.4. The number of hydrogen-bond acceptors (Lipinski definition) is 6. The molecule has 1 unspecified atom stereocenters. The number of rotatable bonds is 5. The molecular formula is C24H19ClFN3O4. The molecule has 0 saturated carbocycles. The van der Waals surface area contributed by atoms with Crippen molar-refractivity contribution in [2.75, 3.05) is 5.32 Å². The molecule has 0 saturated heterocycles. The quantitative estimate of drug-likeness (QED) is 0.372. The van der Waals surface area contributed by atoms with Gasteiger partial charge in [0.15, 0.2) is 16.9 Å². The Morgan fingerprint density at radius 1 is 1.18 bits per heavy atom. The normalized spacial score (nSPS) is 12.0. The van der Waals surface area contributed by atoms with Gasteiger partial charge in [-0.15, -0.1) is 0 Å². The van der Waals surface area contributed by atoms with Gasteiger partial charge in [0.25, 0.3) is 0 Å². The molecule has 7 nitrogen and oxygen atoms in total. The molecule has 0 aliphatic carbocycles. The molecule has 0 bridgehead atoms. The van der Waals surface area contributed by atoms with Gasteiger partial charge in [0.05, 0.1) is 17.1 Å². The van der Waals surface area contributed by atoms with Crippen LogP contribution in [0.15, 0.2) is 51.7 Å². The maximum absolute atomic E-state index is 13.7. The van der Waals surface area contributed by atoms with E-state index in [0.717, 1.165) is 5.56 Å². The average Bonchev–Trinajstić information content (AvgIpc) is 2.77. The molecule has 168 valence electrons. The lowest BCUT2D eigenvalue weighted by Gasteiger charge is -2.19. The number of carbonyl (C=O) groups is 1. The number of nitrogens with one attached hydrogen (secondary N) is 1. The van der Waals surface area contributed by atoms with Crippen molar-refractivity contribution in [2.45, 2.75) is 26.8 Å². The molecule has 1 atom stereocenters. The molecule has 4 aromatic rings. The van der Waals surface area contributed by atoms with Crippen LogP contribution in [0, 0.1) is 19.8 Å². The third-order valence-corrected chi connectivity index (χ3v) is 5.45. The number of carboxylic acid groups (broad SMARTS) is 1. The summed E-state index contributed by atoms with van der Waals surface area (Å²) < 4.78 is 19.9. The maximum Gasteiger partial charge on any atom is 0.356 e. The third kappa shape index (κ3) is 4.29. The van der Waals surface area contributed by atoms with Crippen LogP contribution in [0.1, 0.15) is 40.1 Å². The number of pyridine rings is 2. The SMILES string of the molecule is Cc1cc(C(C)Nc2ccc(Cl)nc2C(=O)O)c2oc(-c3cccc(F)n3)c(C)c(=O)c2c1. The number of hydrogen-bond donors (Lipinski definition) is 2. The predicted molar refractivity (Wildman–Crippen MR) is 123 cm³/mol. The first-order chi connectivity index (χ1) is 15.7. The summed E-state index contributed by atoms with van der Waals surface area (Å²) in [5.41, 5.74) is 2.03.